The van der Waals surface area contributed by atoms with Crippen molar-refractivity contribution in [2.24, 2.45) is 50.2 Å². The van der Waals surface area contributed by atoms with Crippen molar-refractivity contribution < 1.29 is 24.6 Å². The Morgan fingerprint density at radius 3 is 2.11 bits per heavy atom. The third kappa shape index (κ3) is 3.10. The van der Waals surface area contributed by atoms with Gasteiger partial charge in [-0.3, -0.25) is 14.4 Å². The van der Waals surface area contributed by atoms with Crippen molar-refractivity contribution in [3.8, 4) is 0 Å². The van der Waals surface area contributed by atoms with E-state index in [0.717, 1.165) is 32.1 Å². The van der Waals surface area contributed by atoms with E-state index in [-0.39, 0.29) is 51.0 Å². The standard InChI is InChI=1S/C32H48O5/c1-19(33)32(37)16-14-29(6)23(26(32,2)3)9-10-31(8)24(29)22(34)17-20-21-18-28(5,25(35)36)12-11-27(21,4)13-15-30(20,31)7/h17,21,23-24,37H,9-16,18H2,1-8H3,(H,35,36)/t21-,23?,24+,27+,28-,29-,30+,31+,32+/m0/s1. The molecule has 1 unspecified atom stereocenters. The minimum Gasteiger partial charge on any atom is -0.481 e. The predicted octanol–water partition coefficient (Wildman–Crippen LogP) is 6.37. The van der Waals surface area contributed by atoms with Crippen LogP contribution in [-0.2, 0) is 14.4 Å². The maximum atomic E-state index is 14.3. The van der Waals surface area contributed by atoms with E-state index in [1.165, 1.54) is 12.5 Å². The summed E-state index contributed by atoms with van der Waals surface area (Å²) in [6.07, 6.45) is 9.08. The maximum Gasteiger partial charge on any atom is 0.309 e. The Morgan fingerprint density at radius 2 is 1.51 bits per heavy atom. The van der Waals surface area contributed by atoms with E-state index in [4.69, 9.17) is 0 Å². The first-order chi connectivity index (χ1) is 16.8. The molecule has 0 radical (unpaired) electrons. The highest BCUT2D eigenvalue weighted by molar-refractivity contribution is 5.96. The molecule has 9 atom stereocenters. The number of carbonyl (C=O) groups is 3. The number of carbonyl (C=O) groups excluding carboxylic acids is 2. The zero-order valence-corrected chi connectivity index (χ0v) is 24.3. The maximum absolute atomic E-state index is 14.3. The molecular formula is C32H48O5. The lowest BCUT2D eigenvalue weighted by Gasteiger charge is -2.71. The molecule has 0 spiro atoms. The third-order valence-electron chi connectivity index (χ3n) is 13.9. The summed E-state index contributed by atoms with van der Waals surface area (Å²) in [6.45, 7) is 16.8. The fourth-order valence-electron chi connectivity index (χ4n) is 11.0. The molecule has 0 aromatic carbocycles. The van der Waals surface area contributed by atoms with Gasteiger partial charge < -0.3 is 10.2 Å². The first-order valence-electron chi connectivity index (χ1n) is 14.6. The molecule has 4 fully saturated rings. The van der Waals surface area contributed by atoms with Gasteiger partial charge in [0.15, 0.2) is 11.6 Å². The van der Waals surface area contributed by atoms with Crippen LogP contribution in [0.4, 0.5) is 0 Å². The molecule has 5 rings (SSSR count). The van der Waals surface area contributed by atoms with Crippen LogP contribution in [-0.4, -0.2) is 33.3 Å². The number of rotatable bonds is 2. The van der Waals surface area contributed by atoms with Crippen LogP contribution in [0.1, 0.15) is 113 Å². The third-order valence-corrected chi connectivity index (χ3v) is 13.9. The number of aliphatic carboxylic acids is 1. The zero-order valence-electron chi connectivity index (χ0n) is 24.3. The lowest BCUT2D eigenvalue weighted by molar-refractivity contribution is -0.226. The second kappa shape index (κ2) is 7.58. The molecule has 0 heterocycles. The number of hydrogen-bond donors (Lipinski definition) is 2. The number of carboxylic acid groups (broad SMARTS) is 1. The van der Waals surface area contributed by atoms with Gasteiger partial charge in [0.25, 0.3) is 0 Å². The molecule has 0 bridgehead atoms. The van der Waals surface area contributed by atoms with Gasteiger partial charge in [0.1, 0.15) is 5.60 Å². The summed E-state index contributed by atoms with van der Waals surface area (Å²) in [5, 5.41) is 21.6. The van der Waals surface area contributed by atoms with E-state index < -0.39 is 22.4 Å². The first kappa shape index (κ1) is 27.1. The quantitative estimate of drug-likeness (QED) is 0.448. The van der Waals surface area contributed by atoms with E-state index in [1.807, 2.05) is 26.8 Å². The second-order valence-corrected chi connectivity index (χ2v) is 15.7. The van der Waals surface area contributed by atoms with Crippen molar-refractivity contribution in [1.29, 1.82) is 0 Å². The van der Waals surface area contributed by atoms with E-state index >= 15 is 0 Å². The molecule has 0 amide bonds. The molecule has 0 aliphatic heterocycles. The van der Waals surface area contributed by atoms with Crippen LogP contribution in [0.2, 0.25) is 0 Å². The van der Waals surface area contributed by atoms with Gasteiger partial charge in [-0.05, 0) is 111 Å². The van der Waals surface area contributed by atoms with E-state index in [0.29, 0.717) is 25.7 Å². The molecule has 4 saturated carbocycles. The predicted molar refractivity (Wildman–Crippen MR) is 143 cm³/mol. The van der Waals surface area contributed by atoms with Crippen LogP contribution in [0.3, 0.4) is 0 Å². The normalized spacial score (nSPS) is 52.6. The van der Waals surface area contributed by atoms with Crippen molar-refractivity contribution in [2.75, 3.05) is 0 Å². The minimum atomic E-state index is -1.36. The average Bonchev–Trinajstić information content (AvgIpc) is 2.79. The highest BCUT2D eigenvalue weighted by atomic mass is 16.4. The molecule has 0 saturated heterocycles. The molecule has 5 aliphatic carbocycles. The van der Waals surface area contributed by atoms with Crippen LogP contribution in [0.15, 0.2) is 11.6 Å². The fourth-order valence-corrected chi connectivity index (χ4v) is 11.0. The van der Waals surface area contributed by atoms with Gasteiger partial charge in [0.2, 0.25) is 0 Å². The lowest BCUT2D eigenvalue weighted by atomic mass is 9.32. The van der Waals surface area contributed by atoms with Crippen LogP contribution in [0.5, 0.6) is 0 Å². The molecular weight excluding hydrogens is 464 g/mol. The molecule has 5 heteroatoms. The van der Waals surface area contributed by atoms with Crippen molar-refractivity contribution in [3.63, 3.8) is 0 Å². The van der Waals surface area contributed by atoms with Crippen LogP contribution >= 0.6 is 0 Å². The van der Waals surface area contributed by atoms with Gasteiger partial charge in [-0.25, -0.2) is 0 Å². The number of Topliss-reactive ketones (excluding diaryl/α,β-unsaturated/α-hetero) is 1. The van der Waals surface area contributed by atoms with Crippen molar-refractivity contribution in [2.45, 2.75) is 119 Å². The molecule has 2 N–H and O–H groups in total. The average molecular weight is 513 g/mol. The monoisotopic (exact) mass is 512 g/mol. The largest absolute Gasteiger partial charge is 0.481 e. The lowest BCUT2D eigenvalue weighted by Crippen LogP contribution is -2.69. The summed E-state index contributed by atoms with van der Waals surface area (Å²) in [4.78, 5) is 39.3. The minimum absolute atomic E-state index is 0.0374. The number of hydrogen-bond acceptors (Lipinski definition) is 4. The summed E-state index contributed by atoms with van der Waals surface area (Å²) in [5.74, 6) is -0.674. The Morgan fingerprint density at radius 1 is 0.892 bits per heavy atom. The van der Waals surface area contributed by atoms with E-state index in [1.54, 1.807) is 0 Å². The number of aliphatic hydroxyl groups is 1. The van der Waals surface area contributed by atoms with Crippen LogP contribution < -0.4 is 0 Å². The number of ketones is 2. The SMILES string of the molecule is CC(=O)[C@]1(O)CC[C@@]2(C)C(CC[C@]3(C)[C@@H]2C(=O)C=C2[C@@H]4C[C@@](C)(C(=O)O)CC[C@]4(C)CC[C@]23C)C1(C)C. The number of fused-ring (bicyclic) bond motifs is 7. The van der Waals surface area contributed by atoms with Gasteiger partial charge in [0.05, 0.1) is 5.41 Å². The molecule has 5 nitrogen and oxygen atoms in total. The number of carboxylic acids is 1. The second-order valence-electron chi connectivity index (χ2n) is 15.7. The van der Waals surface area contributed by atoms with Gasteiger partial charge in [0, 0.05) is 11.3 Å². The summed E-state index contributed by atoms with van der Waals surface area (Å²) >= 11 is 0. The summed E-state index contributed by atoms with van der Waals surface area (Å²) in [5.41, 5.74) is -2.18. The topological polar surface area (TPSA) is 91.7 Å². The Labute approximate surface area is 222 Å². The zero-order chi connectivity index (χ0) is 27.6. The molecule has 0 aromatic rings. The highest BCUT2D eigenvalue weighted by Crippen LogP contribution is 2.75. The summed E-state index contributed by atoms with van der Waals surface area (Å²) in [7, 11) is 0. The molecule has 206 valence electrons. The number of allylic oxidation sites excluding steroid dienone is 2. The van der Waals surface area contributed by atoms with Crippen molar-refractivity contribution in [1.82, 2.24) is 0 Å². The van der Waals surface area contributed by atoms with Crippen LogP contribution in [0.25, 0.3) is 0 Å². The fraction of sp³-hybridized carbons (Fsp3) is 0.844. The molecule has 0 aromatic heterocycles. The van der Waals surface area contributed by atoms with Crippen molar-refractivity contribution >= 4 is 17.5 Å². The first-order valence-corrected chi connectivity index (χ1v) is 14.6. The van der Waals surface area contributed by atoms with Crippen LogP contribution in [0, 0.1) is 50.2 Å². The Balaban J connectivity index is 1.62. The highest BCUT2D eigenvalue weighted by Gasteiger charge is 2.72. The summed E-state index contributed by atoms with van der Waals surface area (Å²) < 4.78 is 0. The van der Waals surface area contributed by atoms with Gasteiger partial charge in [-0.1, -0.05) is 47.1 Å². The smallest absolute Gasteiger partial charge is 0.309 e. The van der Waals surface area contributed by atoms with Crippen molar-refractivity contribution in [3.05, 3.63) is 11.6 Å². The summed E-state index contributed by atoms with van der Waals surface area (Å²) in [6, 6.07) is 0. The van der Waals surface area contributed by atoms with Gasteiger partial charge in [-0.15, -0.1) is 0 Å². The van der Waals surface area contributed by atoms with Gasteiger partial charge in [-0.2, -0.15) is 0 Å². The Bertz CT molecular complexity index is 1100. The van der Waals surface area contributed by atoms with Gasteiger partial charge >= 0.3 is 5.97 Å². The Kier molecular flexibility index (Phi) is 5.55. The Hall–Kier alpha value is -1.49. The molecule has 37 heavy (non-hydrogen) atoms. The van der Waals surface area contributed by atoms with E-state index in [9.17, 15) is 24.6 Å². The van der Waals surface area contributed by atoms with E-state index in [2.05, 4.69) is 27.7 Å². The molecule has 5 aliphatic rings.